The number of carbonyl (C=O) groups is 2. The van der Waals surface area contributed by atoms with Gasteiger partial charge in [-0.1, -0.05) is 0 Å². The molecule has 1 N–H and O–H groups in total. The lowest BCUT2D eigenvalue weighted by molar-refractivity contribution is 0.0732. The lowest BCUT2D eigenvalue weighted by Gasteiger charge is -2.24. The molecule has 6 nitrogen and oxygen atoms in total. The van der Waals surface area contributed by atoms with Crippen LogP contribution in [0.5, 0.6) is 0 Å². The number of ketones is 1. The second kappa shape index (κ2) is 8.42. The lowest BCUT2D eigenvalue weighted by Crippen LogP contribution is -2.38. The second-order valence-corrected chi connectivity index (χ2v) is 8.02. The van der Waals surface area contributed by atoms with Gasteiger partial charge in [0.05, 0.1) is 6.54 Å². The number of nitrogens with one attached hydrogen (secondary N) is 1. The highest BCUT2D eigenvalue weighted by Gasteiger charge is 2.22. The van der Waals surface area contributed by atoms with Crippen molar-refractivity contribution in [3.8, 4) is 0 Å². The average Bonchev–Trinajstić information content (AvgIpc) is 2.95. The minimum absolute atomic E-state index is 0.00725. The molecule has 140 valence electrons. The molecule has 7 heteroatoms. The monoisotopic (exact) mass is 375 g/mol. The van der Waals surface area contributed by atoms with Crippen LogP contribution in [-0.2, 0) is 6.54 Å². The van der Waals surface area contributed by atoms with E-state index in [4.69, 9.17) is 0 Å². The molecule has 2 heterocycles. The molecule has 0 saturated carbocycles. The van der Waals surface area contributed by atoms with E-state index < -0.39 is 5.56 Å². The molecule has 2 rings (SSSR count). The molecule has 0 fully saturated rings. The number of likely N-dealkylation sites (N-methyl/N-ethyl adjacent to an activating group) is 1. The lowest BCUT2D eigenvalue weighted by atomic mass is 10.1. The van der Waals surface area contributed by atoms with Gasteiger partial charge in [-0.15, -0.1) is 11.3 Å². The molecule has 0 aliphatic carbocycles. The van der Waals surface area contributed by atoms with Crippen LogP contribution in [0.1, 0.15) is 43.1 Å². The standard InChI is InChI=1S/C19H25N3O3S/c1-12-6-7-15(26-12)11-22(9-8-21(4)5)19(25)17-10-16(14(3)23)13(2)20-18(17)24/h6-7,10H,8-9,11H2,1-5H3,(H,20,24). The fourth-order valence-electron chi connectivity index (χ4n) is 2.65. The summed E-state index contributed by atoms with van der Waals surface area (Å²) < 4.78 is 0. The molecule has 0 bridgehead atoms. The van der Waals surface area contributed by atoms with Crippen LogP contribution < -0.4 is 5.56 Å². The van der Waals surface area contributed by atoms with Gasteiger partial charge in [-0.2, -0.15) is 0 Å². The van der Waals surface area contributed by atoms with Crippen molar-refractivity contribution in [3.05, 3.63) is 55.1 Å². The van der Waals surface area contributed by atoms with E-state index in [0.717, 1.165) is 4.88 Å². The molecule has 0 aliphatic rings. The SMILES string of the molecule is CC(=O)c1cc(C(=O)N(CCN(C)C)Cc2ccc(C)s2)c(=O)[nH]c1C. The highest BCUT2D eigenvalue weighted by atomic mass is 32.1. The maximum Gasteiger partial charge on any atom is 0.261 e. The predicted octanol–water partition coefficient (Wildman–Crippen LogP) is 2.46. The minimum Gasteiger partial charge on any atom is -0.332 e. The van der Waals surface area contributed by atoms with Gasteiger partial charge in [0.25, 0.3) is 11.5 Å². The van der Waals surface area contributed by atoms with E-state index >= 15 is 0 Å². The predicted molar refractivity (Wildman–Crippen MR) is 104 cm³/mol. The number of thiophene rings is 1. The van der Waals surface area contributed by atoms with Gasteiger partial charge >= 0.3 is 0 Å². The molecular formula is C19H25N3O3S. The number of amides is 1. The first-order valence-corrected chi connectivity index (χ1v) is 9.25. The molecule has 0 aromatic carbocycles. The number of hydrogen-bond acceptors (Lipinski definition) is 5. The Morgan fingerprint density at radius 2 is 1.81 bits per heavy atom. The number of pyridine rings is 1. The van der Waals surface area contributed by atoms with Crippen LogP contribution in [0.3, 0.4) is 0 Å². The number of hydrogen-bond donors (Lipinski definition) is 1. The zero-order chi connectivity index (χ0) is 19.4. The first-order chi connectivity index (χ1) is 12.2. The van der Waals surface area contributed by atoms with E-state index in [2.05, 4.69) is 4.98 Å². The van der Waals surface area contributed by atoms with Gasteiger partial charge in [0.15, 0.2) is 5.78 Å². The Morgan fingerprint density at radius 3 is 2.35 bits per heavy atom. The van der Waals surface area contributed by atoms with Crippen LogP contribution in [0.25, 0.3) is 0 Å². The molecule has 26 heavy (non-hydrogen) atoms. The van der Waals surface area contributed by atoms with Crippen molar-refractivity contribution in [2.45, 2.75) is 27.3 Å². The summed E-state index contributed by atoms with van der Waals surface area (Å²) in [6, 6.07) is 5.43. The van der Waals surface area contributed by atoms with Gasteiger partial charge in [0.1, 0.15) is 5.56 Å². The summed E-state index contributed by atoms with van der Waals surface area (Å²) in [6.07, 6.45) is 0. The van der Waals surface area contributed by atoms with Gasteiger partial charge in [0, 0.05) is 34.1 Å². The quantitative estimate of drug-likeness (QED) is 0.755. The number of nitrogens with zero attached hydrogens (tertiary/aromatic N) is 2. The topological polar surface area (TPSA) is 73.5 Å². The summed E-state index contributed by atoms with van der Waals surface area (Å²) in [6.45, 7) is 6.71. The molecule has 2 aromatic rings. The maximum absolute atomic E-state index is 13.1. The zero-order valence-corrected chi connectivity index (χ0v) is 16.7. The van der Waals surface area contributed by atoms with Crippen molar-refractivity contribution < 1.29 is 9.59 Å². The molecule has 1 amide bonds. The van der Waals surface area contributed by atoms with Crippen LogP contribution >= 0.6 is 11.3 Å². The second-order valence-electron chi connectivity index (χ2n) is 6.65. The van der Waals surface area contributed by atoms with E-state index in [0.29, 0.717) is 30.9 Å². The van der Waals surface area contributed by atoms with E-state index in [1.165, 1.54) is 17.9 Å². The van der Waals surface area contributed by atoms with Crippen molar-refractivity contribution in [2.75, 3.05) is 27.2 Å². The van der Waals surface area contributed by atoms with E-state index in [1.54, 1.807) is 23.2 Å². The summed E-state index contributed by atoms with van der Waals surface area (Å²) in [4.78, 5) is 45.7. The highest BCUT2D eigenvalue weighted by Crippen LogP contribution is 2.18. The number of H-pyrrole nitrogens is 1. The summed E-state index contributed by atoms with van der Waals surface area (Å²) >= 11 is 1.63. The Morgan fingerprint density at radius 1 is 1.12 bits per heavy atom. The third kappa shape index (κ3) is 4.89. The summed E-state index contributed by atoms with van der Waals surface area (Å²) in [5, 5.41) is 0. The fourth-order valence-corrected chi connectivity index (χ4v) is 3.56. The Labute approximate surface area is 157 Å². The van der Waals surface area contributed by atoms with Gasteiger partial charge in [-0.05, 0) is 53.1 Å². The number of rotatable bonds is 7. The van der Waals surface area contributed by atoms with Gasteiger partial charge in [-0.25, -0.2) is 0 Å². The van der Waals surface area contributed by atoms with Gasteiger partial charge in [-0.3, -0.25) is 14.4 Å². The van der Waals surface area contributed by atoms with Crippen molar-refractivity contribution >= 4 is 23.0 Å². The Kier molecular flexibility index (Phi) is 6.50. The van der Waals surface area contributed by atoms with Gasteiger partial charge < -0.3 is 14.8 Å². The van der Waals surface area contributed by atoms with E-state index in [-0.39, 0.29) is 17.3 Å². The largest absolute Gasteiger partial charge is 0.332 e. The normalized spacial score (nSPS) is 11.0. The number of aromatic amines is 1. The summed E-state index contributed by atoms with van der Waals surface area (Å²) in [5.74, 6) is -0.539. The number of aromatic nitrogens is 1. The Balaban J connectivity index is 2.37. The van der Waals surface area contributed by atoms with Crippen LogP contribution in [0, 0.1) is 13.8 Å². The number of Topliss-reactive ketones (excluding diaryl/α,β-unsaturated/α-hetero) is 1. The van der Waals surface area contributed by atoms with Crippen molar-refractivity contribution in [1.82, 2.24) is 14.8 Å². The van der Waals surface area contributed by atoms with E-state index in [1.807, 2.05) is 38.1 Å². The van der Waals surface area contributed by atoms with Crippen LogP contribution in [-0.4, -0.2) is 53.7 Å². The molecule has 0 spiro atoms. The Hall–Kier alpha value is -2.25. The van der Waals surface area contributed by atoms with E-state index in [9.17, 15) is 14.4 Å². The van der Waals surface area contributed by atoms with Crippen molar-refractivity contribution in [3.63, 3.8) is 0 Å². The highest BCUT2D eigenvalue weighted by molar-refractivity contribution is 7.11. The van der Waals surface area contributed by atoms with Crippen LogP contribution in [0.2, 0.25) is 0 Å². The van der Waals surface area contributed by atoms with Crippen molar-refractivity contribution in [2.24, 2.45) is 0 Å². The zero-order valence-electron chi connectivity index (χ0n) is 15.9. The first-order valence-electron chi connectivity index (χ1n) is 8.43. The summed E-state index contributed by atoms with van der Waals surface area (Å²) in [5.41, 5.74) is 0.391. The minimum atomic E-state index is -0.463. The molecule has 0 atom stereocenters. The molecule has 0 unspecified atom stereocenters. The number of aryl methyl sites for hydroxylation is 2. The first kappa shape index (κ1) is 20.1. The smallest absolute Gasteiger partial charge is 0.261 e. The van der Waals surface area contributed by atoms with Crippen LogP contribution in [0.4, 0.5) is 0 Å². The van der Waals surface area contributed by atoms with Gasteiger partial charge in [0.2, 0.25) is 0 Å². The molecule has 2 aromatic heterocycles. The fraction of sp³-hybridized carbons (Fsp3) is 0.421. The summed E-state index contributed by atoms with van der Waals surface area (Å²) in [7, 11) is 3.87. The Bertz CT molecular complexity index is 867. The number of carbonyl (C=O) groups excluding carboxylic acids is 2. The molecule has 0 radical (unpaired) electrons. The van der Waals surface area contributed by atoms with Crippen LogP contribution in [0.15, 0.2) is 23.0 Å². The maximum atomic E-state index is 13.1. The van der Waals surface area contributed by atoms with Crippen molar-refractivity contribution in [1.29, 1.82) is 0 Å². The molecule has 0 aliphatic heterocycles. The molecule has 0 saturated heterocycles. The molecular weight excluding hydrogens is 350 g/mol. The third-order valence-corrected chi connectivity index (χ3v) is 5.08. The average molecular weight is 375 g/mol. The third-order valence-electron chi connectivity index (χ3n) is 4.10.